The lowest BCUT2D eigenvalue weighted by atomic mass is 10.1. The van der Waals surface area contributed by atoms with Crippen molar-refractivity contribution in [2.75, 3.05) is 43.1 Å². The van der Waals surface area contributed by atoms with Crippen LogP contribution >= 0.6 is 11.6 Å². The molecule has 7 heteroatoms. The lowest BCUT2D eigenvalue weighted by Gasteiger charge is -2.28. The largest absolute Gasteiger partial charge is 0.483 e. The van der Waals surface area contributed by atoms with E-state index in [1.165, 1.54) is 0 Å². The number of morpholine rings is 1. The lowest BCUT2D eigenvalue weighted by Crippen LogP contribution is -2.36. The number of Topliss-reactive ketones (excluding diaryl/α,β-unsaturated/α-hetero) is 1. The molecule has 1 fully saturated rings. The number of hydrogen-bond donors (Lipinski definition) is 1. The fraction of sp³-hybridized carbons (Fsp3) is 0.333. The molecule has 1 heterocycles. The van der Waals surface area contributed by atoms with Gasteiger partial charge < -0.3 is 19.7 Å². The first kappa shape index (κ1) is 20.2. The van der Waals surface area contributed by atoms with Crippen LogP contribution in [0.1, 0.15) is 23.7 Å². The highest BCUT2D eigenvalue weighted by Crippen LogP contribution is 2.24. The first-order valence-electron chi connectivity index (χ1n) is 9.25. The second-order valence-corrected chi connectivity index (χ2v) is 6.84. The topological polar surface area (TPSA) is 67.9 Å². The molecule has 1 aliphatic rings. The normalized spacial score (nSPS) is 13.9. The molecule has 3 rings (SSSR count). The van der Waals surface area contributed by atoms with Crippen molar-refractivity contribution in [2.45, 2.75) is 13.3 Å². The summed E-state index contributed by atoms with van der Waals surface area (Å²) in [6, 6.07) is 12.5. The monoisotopic (exact) mass is 402 g/mol. The van der Waals surface area contributed by atoms with Crippen LogP contribution in [0.25, 0.3) is 0 Å². The number of benzene rings is 2. The Hall–Kier alpha value is -2.57. The van der Waals surface area contributed by atoms with Crippen molar-refractivity contribution < 1.29 is 19.1 Å². The van der Waals surface area contributed by atoms with E-state index < -0.39 is 0 Å². The number of nitrogens with zero attached hydrogens (tertiary/aromatic N) is 1. The SMILES string of the molecule is CCC(=O)c1cc(Cl)ccc1OCC(=O)Nc1ccc(N2CCOCC2)cc1. The fourth-order valence-corrected chi connectivity index (χ4v) is 3.13. The van der Waals surface area contributed by atoms with Gasteiger partial charge in [-0.05, 0) is 42.5 Å². The molecule has 0 aliphatic carbocycles. The number of hydrogen-bond acceptors (Lipinski definition) is 5. The van der Waals surface area contributed by atoms with Crippen LogP contribution in [0.3, 0.4) is 0 Å². The highest BCUT2D eigenvalue weighted by molar-refractivity contribution is 6.31. The molecule has 2 aromatic rings. The number of carbonyl (C=O) groups is 2. The maximum Gasteiger partial charge on any atom is 0.262 e. The van der Waals surface area contributed by atoms with Gasteiger partial charge in [0.15, 0.2) is 12.4 Å². The van der Waals surface area contributed by atoms with Crippen molar-refractivity contribution in [3.8, 4) is 5.75 Å². The van der Waals surface area contributed by atoms with E-state index in [0.29, 0.717) is 28.4 Å². The second kappa shape index (κ2) is 9.57. The minimum atomic E-state index is -0.302. The lowest BCUT2D eigenvalue weighted by molar-refractivity contribution is -0.118. The number of ether oxygens (including phenoxy) is 2. The van der Waals surface area contributed by atoms with Gasteiger partial charge in [0, 0.05) is 35.9 Å². The molecule has 28 heavy (non-hydrogen) atoms. The molecule has 1 amide bonds. The van der Waals surface area contributed by atoms with E-state index in [0.717, 1.165) is 32.0 Å². The van der Waals surface area contributed by atoms with Crippen molar-refractivity contribution in [1.82, 2.24) is 0 Å². The molecule has 2 aromatic carbocycles. The van der Waals surface area contributed by atoms with Crippen LogP contribution in [-0.4, -0.2) is 44.6 Å². The highest BCUT2D eigenvalue weighted by Gasteiger charge is 2.14. The Labute approximate surface area is 169 Å². The number of anilines is 2. The summed E-state index contributed by atoms with van der Waals surface area (Å²) < 4.78 is 10.9. The predicted octanol–water partition coefficient (Wildman–Crippen LogP) is 3.79. The van der Waals surface area contributed by atoms with E-state index in [-0.39, 0.29) is 18.3 Å². The summed E-state index contributed by atoms with van der Waals surface area (Å²) in [5, 5.41) is 3.25. The highest BCUT2D eigenvalue weighted by atomic mass is 35.5. The molecule has 1 saturated heterocycles. The van der Waals surface area contributed by atoms with Crippen LogP contribution in [0.4, 0.5) is 11.4 Å². The van der Waals surface area contributed by atoms with Gasteiger partial charge in [-0.15, -0.1) is 0 Å². The molecular weight excluding hydrogens is 380 g/mol. The van der Waals surface area contributed by atoms with Crippen LogP contribution in [0.15, 0.2) is 42.5 Å². The van der Waals surface area contributed by atoms with Crippen molar-refractivity contribution >= 4 is 34.7 Å². The second-order valence-electron chi connectivity index (χ2n) is 6.40. The third-order valence-corrected chi connectivity index (χ3v) is 4.68. The molecule has 0 radical (unpaired) electrons. The van der Waals surface area contributed by atoms with Gasteiger partial charge in [-0.25, -0.2) is 0 Å². The zero-order valence-electron chi connectivity index (χ0n) is 15.7. The van der Waals surface area contributed by atoms with Gasteiger partial charge in [-0.2, -0.15) is 0 Å². The van der Waals surface area contributed by atoms with E-state index in [1.807, 2.05) is 24.3 Å². The van der Waals surface area contributed by atoms with E-state index in [2.05, 4.69) is 10.2 Å². The Kier molecular flexibility index (Phi) is 6.90. The van der Waals surface area contributed by atoms with Crippen molar-refractivity contribution in [2.24, 2.45) is 0 Å². The smallest absolute Gasteiger partial charge is 0.262 e. The van der Waals surface area contributed by atoms with E-state index >= 15 is 0 Å². The summed E-state index contributed by atoms with van der Waals surface area (Å²) in [5.74, 6) is -0.0327. The van der Waals surface area contributed by atoms with E-state index in [9.17, 15) is 9.59 Å². The Morgan fingerprint density at radius 3 is 2.54 bits per heavy atom. The summed E-state index contributed by atoms with van der Waals surface area (Å²) >= 11 is 5.96. The molecule has 1 N–H and O–H groups in total. The maximum atomic E-state index is 12.2. The van der Waals surface area contributed by atoms with Gasteiger partial charge >= 0.3 is 0 Å². The zero-order chi connectivity index (χ0) is 19.9. The summed E-state index contributed by atoms with van der Waals surface area (Å²) in [6.45, 7) is 4.74. The number of ketones is 1. The number of halogens is 1. The third-order valence-electron chi connectivity index (χ3n) is 4.45. The Bertz CT molecular complexity index is 833. The van der Waals surface area contributed by atoms with Crippen molar-refractivity contribution in [3.63, 3.8) is 0 Å². The minimum Gasteiger partial charge on any atom is -0.483 e. The predicted molar refractivity (Wildman–Crippen MR) is 110 cm³/mol. The van der Waals surface area contributed by atoms with Crippen molar-refractivity contribution in [1.29, 1.82) is 0 Å². The number of amides is 1. The van der Waals surface area contributed by atoms with Gasteiger partial charge in [-0.3, -0.25) is 9.59 Å². The molecule has 0 aromatic heterocycles. The molecule has 148 valence electrons. The van der Waals surface area contributed by atoms with Gasteiger partial charge in [0.1, 0.15) is 5.75 Å². The van der Waals surface area contributed by atoms with Crippen LogP contribution in [0.5, 0.6) is 5.75 Å². The summed E-state index contributed by atoms with van der Waals surface area (Å²) in [5.41, 5.74) is 2.17. The molecule has 0 atom stereocenters. The molecule has 0 spiro atoms. The molecular formula is C21H23ClN2O4. The molecule has 6 nitrogen and oxygen atoms in total. The molecule has 0 unspecified atom stereocenters. The standard InChI is InChI=1S/C21H23ClN2O4/c1-2-19(25)18-13-15(22)3-8-20(18)28-14-21(26)23-16-4-6-17(7-5-16)24-9-11-27-12-10-24/h3-8,13H,2,9-12,14H2,1H3,(H,23,26). The zero-order valence-corrected chi connectivity index (χ0v) is 16.5. The van der Waals surface area contributed by atoms with Gasteiger partial charge in [0.05, 0.1) is 18.8 Å². The van der Waals surface area contributed by atoms with Gasteiger partial charge in [-0.1, -0.05) is 18.5 Å². The number of carbonyl (C=O) groups excluding carboxylic acids is 2. The third kappa shape index (κ3) is 5.24. The summed E-state index contributed by atoms with van der Waals surface area (Å²) in [7, 11) is 0. The fourth-order valence-electron chi connectivity index (χ4n) is 2.95. The average molecular weight is 403 g/mol. The summed E-state index contributed by atoms with van der Waals surface area (Å²) in [6.07, 6.45) is 0.332. The first-order chi connectivity index (χ1) is 13.6. The Morgan fingerprint density at radius 2 is 1.86 bits per heavy atom. The first-order valence-corrected chi connectivity index (χ1v) is 9.63. The number of rotatable bonds is 7. The molecule has 0 bridgehead atoms. The van der Waals surface area contributed by atoms with E-state index in [4.69, 9.17) is 21.1 Å². The summed E-state index contributed by atoms with van der Waals surface area (Å²) in [4.78, 5) is 26.5. The van der Waals surface area contributed by atoms with Crippen LogP contribution in [0, 0.1) is 0 Å². The Balaban J connectivity index is 1.57. The van der Waals surface area contributed by atoms with E-state index in [1.54, 1.807) is 25.1 Å². The minimum absolute atomic E-state index is 0.0865. The molecule has 0 saturated carbocycles. The maximum absolute atomic E-state index is 12.2. The van der Waals surface area contributed by atoms with Gasteiger partial charge in [0.25, 0.3) is 5.91 Å². The van der Waals surface area contributed by atoms with Crippen LogP contribution in [0.2, 0.25) is 5.02 Å². The molecule has 1 aliphatic heterocycles. The number of nitrogens with one attached hydrogen (secondary N) is 1. The Morgan fingerprint density at radius 1 is 1.14 bits per heavy atom. The quantitative estimate of drug-likeness (QED) is 0.714. The average Bonchev–Trinajstić information content (AvgIpc) is 2.73. The van der Waals surface area contributed by atoms with Gasteiger partial charge in [0.2, 0.25) is 0 Å². The van der Waals surface area contributed by atoms with Crippen molar-refractivity contribution in [3.05, 3.63) is 53.1 Å². The van der Waals surface area contributed by atoms with Crippen LogP contribution in [-0.2, 0) is 9.53 Å². The van der Waals surface area contributed by atoms with Crippen LogP contribution < -0.4 is 15.0 Å².